The number of hydrogen-bond donors (Lipinski definition) is 1. The Kier molecular flexibility index (Phi) is 5.04. The second-order valence-corrected chi connectivity index (χ2v) is 6.59. The summed E-state index contributed by atoms with van der Waals surface area (Å²) >= 11 is 3.21. The molecule has 0 aliphatic carbocycles. The average molecular weight is 393 g/mol. The van der Waals surface area contributed by atoms with Crippen LogP contribution in [-0.2, 0) is 0 Å². The molecule has 2 amide bonds. The third-order valence-electron chi connectivity index (χ3n) is 4.19. The van der Waals surface area contributed by atoms with E-state index in [4.69, 9.17) is 4.74 Å². The highest BCUT2D eigenvalue weighted by Crippen LogP contribution is 2.33. The Morgan fingerprint density at radius 1 is 1.29 bits per heavy atom. The summed E-state index contributed by atoms with van der Waals surface area (Å²) in [7, 11) is 1.62. The number of ether oxygens (including phenoxy) is 1. The zero-order valence-electron chi connectivity index (χ0n) is 13.3. The highest BCUT2D eigenvalue weighted by molar-refractivity contribution is 9.10. The van der Waals surface area contributed by atoms with Crippen LogP contribution in [0.5, 0.6) is 5.75 Å². The SMILES string of the molecule is COc1ccc([C@@H]2CCCN2C(=O)Nc2ccc(Br)cc2F)cc1. The Morgan fingerprint density at radius 2 is 2.04 bits per heavy atom. The van der Waals surface area contributed by atoms with E-state index in [9.17, 15) is 9.18 Å². The van der Waals surface area contributed by atoms with Crippen molar-refractivity contribution in [3.63, 3.8) is 0 Å². The second-order valence-electron chi connectivity index (χ2n) is 5.68. The smallest absolute Gasteiger partial charge is 0.322 e. The van der Waals surface area contributed by atoms with Crippen LogP contribution in [0.15, 0.2) is 46.9 Å². The molecule has 1 saturated heterocycles. The zero-order chi connectivity index (χ0) is 17.1. The summed E-state index contributed by atoms with van der Waals surface area (Å²) in [6.45, 7) is 0.653. The maximum absolute atomic E-state index is 13.9. The molecule has 0 bridgehead atoms. The van der Waals surface area contributed by atoms with Crippen LogP contribution in [0.25, 0.3) is 0 Å². The summed E-state index contributed by atoms with van der Waals surface area (Å²) in [4.78, 5) is 14.3. The van der Waals surface area contributed by atoms with Crippen molar-refractivity contribution in [2.24, 2.45) is 0 Å². The minimum atomic E-state index is -0.460. The summed E-state index contributed by atoms with van der Waals surface area (Å²) in [6, 6.07) is 12.0. The first-order valence-electron chi connectivity index (χ1n) is 7.75. The number of methoxy groups -OCH3 is 1. The van der Waals surface area contributed by atoms with Crippen molar-refractivity contribution in [3.8, 4) is 5.75 Å². The van der Waals surface area contributed by atoms with Gasteiger partial charge in [-0.1, -0.05) is 28.1 Å². The molecule has 1 heterocycles. The molecule has 1 aliphatic heterocycles. The van der Waals surface area contributed by atoms with E-state index >= 15 is 0 Å². The number of benzene rings is 2. The average Bonchev–Trinajstić information content (AvgIpc) is 3.07. The minimum Gasteiger partial charge on any atom is -0.497 e. The third-order valence-corrected chi connectivity index (χ3v) is 4.68. The Bertz CT molecular complexity index is 736. The maximum atomic E-state index is 13.9. The lowest BCUT2D eigenvalue weighted by Gasteiger charge is -2.25. The fourth-order valence-corrected chi connectivity index (χ4v) is 3.29. The normalized spacial score (nSPS) is 17.0. The number of nitrogens with zero attached hydrogens (tertiary/aromatic N) is 1. The van der Waals surface area contributed by atoms with Crippen molar-refractivity contribution < 1.29 is 13.9 Å². The Morgan fingerprint density at radius 3 is 2.71 bits per heavy atom. The van der Waals surface area contributed by atoms with E-state index in [0.29, 0.717) is 11.0 Å². The van der Waals surface area contributed by atoms with Gasteiger partial charge in [0.1, 0.15) is 11.6 Å². The molecule has 0 spiro atoms. The molecule has 0 saturated carbocycles. The molecular formula is C18H18BrFN2O2. The molecule has 2 aromatic carbocycles. The highest BCUT2D eigenvalue weighted by atomic mass is 79.9. The lowest BCUT2D eigenvalue weighted by atomic mass is 10.0. The van der Waals surface area contributed by atoms with Crippen molar-refractivity contribution in [2.75, 3.05) is 19.0 Å². The standard InChI is InChI=1S/C18H18BrFN2O2/c1-24-14-7-4-12(5-8-14)17-3-2-10-22(17)18(23)21-16-9-6-13(19)11-15(16)20/h4-9,11,17H,2-3,10H2,1H3,(H,21,23)/t17-/m0/s1. The molecule has 126 valence electrons. The number of hydrogen-bond acceptors (Lipinski definition) is 2. The summed E-state index contributed by atoms with van der Waals surface area (Å²) in [5, 5.41) is 2.67. The number of amides is 2. The van der Waals surface area contributed by atoms with Crippen LogP contribution in [0, 0.1) is 5.82 Å². The topological polar surface area (TPSA) is 41.6 Å². The quantitative estimate of drug-likeness (QED) is 0.801. The van der Waals surface area contributed by atoms with Gasteiger partial charge in [0.25, 0.3) is 0 Å². The van der Waals surface area contributed by atoms with Gasteiger partial charge in [-0.05, 0) is 48.7 Å². The summed E-state index contributed by atoms with van der Waals surface area (Å²) < 4.78 is 19.7. The summed E-state index contributed by atoms with van der Waals surface area (Å²) in [6.07, 6.45) is 1.81. The van der Waals surface area contributed by atoms with E-state index in [-0.39, 0.29) is 17.8 Å². The molecule has 6 heteroatoms. The van der Waals surface area contributed by atoms with Gasteiger partial charge in [0.2, 0.25) is 0 Å². The van der Waals surface area contributed by atoms with Crippen molar-refractivity contribution in [1.82, 2.24) is 4.90 Å². The van der Waals surface area contributed by atoms with Crippen LogP contribution in [0.1, 0.15) is 24.4 Å². The monoisotopic (exact) mass is 392 g/mol. The second kappa shape index (κ2) is 7.21. The van der Waals surface area contributed by atoms with Crippen LogP contribution in [-0.4, -0.2) is 24.6 Å². The van der Waals surface area contributed by atoms with Crippen LogP contribution >= 0.6 is 15.9 Å². The Balaban J connectivity index is 1.75. The molecule has 24 heavy (non-hydrogen) atoms. The van der Waals surface area contributed by atoms with Gasteiger partial charge in [0.15, 0.2) is 0 Å². The van der Waals surface area contributed by atoms with Crippen molar-refractivity contribution >= 4 is 27.6 Å². The van der Waals surface area contributed by atoms with Crippen LogP contribution in [0.3, 0.4) is 0 Å². The van der Waals surface area contributed by atoms with Gasteiger partial charge in [0.05, 0.1) is 18.8 Å². The van der Waals surface area contributed by atoms with E-state index in [0.717, 1.165) is 24.2 Å². The summed E-state index contributed by atoms with van der Waals surface area (Å²) in [5.74, 6) is 0.322. The molecule has 1 aliphatic rings. The molecule has 0 aromatic heterocycles. The molecule has 1 N–H and O–H groups in total. The number of carbonyl (C=O) groups excluding carboxylic acids is 1. The van der Waals surface area contributed by atoms with Gasteiger partial charge < -0.3 is 15.0 Å². The van der Waals surface area contributed by atoms with Crippen LogP contribution in [0.2, 0.25) is 0 Å². The number of rotatable bonds is 3. The van der Waals surface area contributed by atoms with Crippen molar-refractivity contribution in [1.29, 1.82) is 0 Å². The minimum absolute atomic E-state index is 0.00517. The fourth-order valence-electron chi connectivity index (χ4n) is 2.96. The highest BCUT2D eigenvalue weighted by Gasteiger charge is 2.30. The van der Waals surface area contributed by atoms with E-state index in [1.54, 1.807) is 24.1 Å². The van der Waals surface area contributed by atoms with Gasteiger partial charge in [-0.2, -0.15) is 0 Å². The Labute approximate surface area is 148 Å². The lowest BCUT2D eigenvalue weighted by Crippen LogP contribution is -2.34. The number of nitrogens with one attached hydrogen (secondary N) is 1. The summed E-state index contributed by atoms with van der Waals surface area (Å²) in [5.41, 5.74) is 1.24. The van der Waals surface area contributed by atoms with Crippen LogP contribution < -0.4 is 10.1 Å². The molecule has 3 rings (SSSR count). The molecule has 1 fully saturated rings. The van der Waals surface area contributed by atoms with Crippen LogP contribution in [0.4, 0.5) is 14.9 Å². The van der Waals surface area contributed by atoms with E-state index < -0.39 is 5.82 Å². The molecule has 0 radical (unpaired) electrons. The van der Waals surface area contributed by atoms with Gasteiger partial charge in [-0.15, -0.1) is 0 Å². The van der Waals surface area contributed by atoms with Gasteiger partial charge in [-0.3, -0.25) is 0 Å². The maximum Gasteiger partial charge on any atom is 0.322 e. The van der Waals surface area contributed by atoms with Gasteiger partial charge in [-0.25, -0.2) is 9.18 Å². The number of urea groups is 1. The van der Waals surface area contributed by atoms with Gasteiger partial charge >= 0.3 is 6.03 Å². The molecule has 4 nitrogen and oxygen atoms in total. The molecule has 1 atom stereocenters. The van der Waals surface area contributed by atoms with Crippen molar-refractivity contribution in [3.05, 3.63) is 58.3 Å². The Hall–Kier alpha value is -2.08. The third kappa shape index (κ3) is 3.53. The first-order chi connectivity index (χ1) is 11.6. The number of carbonyl (C=O) groups is 1. The first-order valence-corrected chi connectivity index (χ1v) is 8.54. The van der Waals surface area contributed by atoms with Gasteiger partial charge in [0, 0.05) is 11.0 Å². The largest absolute Gasteiger partial charge is 0.497 e. The van der Waals surface area contributed by atoms with E-state index in [2.05, 4.69) is 21.2 Å². The molecule has 2 aromatic rings. The predicted octanol–water partition coefficient (Wildman–Crippen LogP) is 4.97. The first kappa shape index (κ1) is 16.8. The lowest BCUT2D eigenvalue weighted by molar-refractivity contribution is 0.207. The number of halogens is 2. The van der Waals surface area contributed by atoms with E-state index in [1.165, 1.54) is 6.07 Å². The predicted molar refractivity (Wildman–Crippen MR) is 94.8 cm³/mol. The van der Waals surface area contributed by atoms with Crippen molar-refractivity contribution in [2.45, 2.75) is 18.9 Å². The fraction of sp³-hybridized carbons (Fsp3) is 0.278. The molecular weight excluding hydrogens is 375 g/mol. The molecule has 0 unspecified atom stereocenters. The van der Waals surface area contributed by atoms with E-state index in [1.807, 2.05) is 24.3 Å². The number of likely N-dealkylation sites (tertiary alicyclic amines) is 1. The zero-order valence-corrected chi connectivity index (χ0v) is 14.8. The number of anilines is 1.